The van der Waals surface area contributed by atoms with E-state index in [1.165, 1.54) is 0 Å². The zero-order valence-corrected chi connectivity index (χ0v) is 24.0. The minimum atomic E-state index is -2.97. The molecule has 0 aliphatic rings. The van der Waals surface area contributed by atoms with Gasteiger partial charge in [0.2, 0.25) is 5.91 Å². The van der Waals surface area contributed by atoms with Gasteiger partial charge in [-0.25, -0.2) is 0 Å². The Morgan fingerprint density at radius 3 is 1.60 bits per heavy atom. The first kappa shape index (κ1) is 41.0. The van der Waals surface area contributed by atoms with Gasteiger partial charge >= 0.3 is 88.7 Å². The molecule has 1 amide bonds. The van der Waals surface area contributed by atoms with Crippen molar-refractivity contribution in [1.29, 1.82) is 0 Å². The number of amides is 1. The molecule has 158 valence electrons. The van der Waals surface area contributed by atoms with Gasteiger partial charge < -0.3 is 55.4 Å². The first-order valence-corrected chi connectivity index (χ1v) is 7.74. The minimum absolute atomic E-state index is 0. The van der Waals surface area contributed by atoms with E-state index in [2.05, 4.69) is 5.32 Å². The summed E-state index contributed by atoms with van der Waals surface area (Å²) in [6.07, 6.45) is -3.49. The second-order valence-electron chi connectivity index (χ2n) is 6.33. The number of nitrogens with one attached hydrogen (secondary N) is 1. The summed E-state index contributed by atoms with van der Waals surface area (Å²) in [5, 5.41) is 68.3. The fourth-order valence-electron chi connectivity index (χ4n) is 1.51. The first-order chi connectivity index (χ1) is 12.2. The molecule has 5 N–H and O–H groups in total. The Hall–Kier alpha value is 0.720. The van der Waals surface area contributed by atoms with Gasteiger partial charge in [0.15, 0.2) is 0 Å². The van der Waals surface area contributed by atoms with Crippen molar-refractivity contribution in [3.05, 3.63) is 0 Å². The van der Waals surface area contributed by atoms with Gasteiger partial charge in [0.1, 0.15) is 11.7 Å². The van der Waals surface area contributed by atoms with Crippen LogP contribution < -0.4 is 109 Å². The molecule has 0 aromatic heterocycles. The second-order valence-corrected chi connectivity index (χ2v) is 6.33. The molecular formula is C15H24NNa3O11. The number of aliphatic carboxylic acids is 3. The van der Waals surface area contributed by atoms with Crippen molar-refractivity contribution in [1.82, 2.24) is 5.32 Å². The van der Waals surface area contributed by atoms with Crippen molar-refractivity contribution >= 4 is 23.8 Å². The van der Waals surface area contributed by atoms with Gasteiger partial charge in [0.05, 0.1) is 12.6 Å². The molecule has 12 nitrogen and oxygen atoms in total. The number of carboxylic acid groups (broad SMARTS) is 3. The van der Waals surface area contributed by atoms with Gasteiger partial charge in [0.25, 0.3) is 0 Å². The van der Waals surface area contributed by atoms with E-state index in [0.29, 0.717) is 13.0 Å². The molecule has 0 radical (unpaired) electrons. The number of hydrogen-bond acceptors (Lipinski definition) is 11. The van der Waals surface area contributed by atoms with E-state index in [1.807, 2.05) is 0 Å². The molecule has 0 fully saturated rings. The van der Waals surface area contributed by atoms with E-state index in [9.17, 15) is 39.6 Å². The van der Waals surface area contributed by atoms with Crippen molar-refractivity contribution in [2.45, 2.75) is 44.8 Å². The Balaban J connectivity index is -0.000000127. The maximum atomic E-state index is 11.3. The Morgan fingerprint density at radius 2 is 1.33 bits per heavy atom. The molecule has 0 saturated heterocycles. The summed E-state index contributed by atoms with van der Waals surface area (Å²) in [6, 6.07) is 0. The SMILES string of the molecule is CC(C)(CO)[C@H](O)C(=O)NCCCO.O=C([O-])CC(O)(CC(=O)[O-])C(=O)[O-].[Na+].[Na+].[Na+]. The molecule has 0 aliphatic heterocycles. The van der Waals surface area contributed by atoms with Crippen LogP contribution in [0.25, 0.3) is 0 Å². The zero-order valence-electron chi connectivity index (χ0n) is 18.0. The molecule has 0 aliphatic carbocycles. The van der Waals surface area contributed by atoms with Crippen LogP contribution in [0.15, 0.2) is 0 Å². The van der Waals surface area contributed by atoms with Crippen LogP contribution in [0.1, 0.15) is 33.1 Å². The van der Waals surface area contributed by atoms with Gasteiger partial charge in [-0.15, -0.1) is 0 Å². The van der Waals surface area contributed by atoms with Crippen LogP contribution in [-0.4, -0.2) is 75.7 Å². The van der Waals surface area contributed by atoms with Crippen molar-refractivity contribution in [3.8, 4) is 0 Å². The second kappa shape index (κ2) is 20.3. The van der Waals surface area contributed by atoms with Crippen LogP contribution in [0.5, 0.6) is 0 Å². The van der Waals surface area contributed by atoms with Crippen molar-refractivity contribution in [2.75, 3.05) is 19.8 Å². The Bertz CT molecular complexity index is 516. The standard InChI is InChI=1S/C9H19NO4.C6H8O7.3Na/c1-9(2,6-12)7(13)8(14)10-4-3-5-11;7-3(8)1-6(13,5(11)12)2-4(9)10;;;/h7,11-13H,3-6H2,1-2H3,(H,10,14);13H,1-2H2,(H,7,8)(H,9,10)(H,11,12);;;/q;;3*+1/p-3/t7-;;;;/m1..../s1. The average molecular weight is 463 g/mol. The molecule has 0 heterocycles. The predicted octanol–water partition coefficient (Wildman–Crippen LogP) is -15.4. The van der Waals surface area contributed by atoms with Crippen LogP contribution in [0.2, 0.25) is 0 Å². The Morgan fingerprint density at radius 1 is 0.933 bits per heavy atom. The Labute approximate surface area is 240 Å². The van der Waals surface area contributed by atoms with E-state index in [1.54, 1.807) is 13.8 Å². The van der Waals surface area contributed by atoms with E-state index < -0.39 is 53.8 Å². The molecule has 30 heavy (non-hydrogen) atoms. The predicted molar refractivity (Wildman–Crippen MR) is 80.8 cm³/mol. The van der Waals surface area contributed by atoms with Gasteiger partial charge in [-0.3, -0.25) is 4.79 Å². The van der Waals surface area contributed by atoms with Gasteiger partial charge in [0, 0.05) is 43.3 Å². The third-order valence-corrected chi connectivity index (χ3v) is 3.28. The van der Waals surface area contributed by atoms with Crippen LogP contribution in [0.3, 0.4) is 0 Å². The molecular weight excluding hydrogens is 439 g/mol. The number of carbonyl (C=O) groups excluding carboxylic acids is 4. The molecule has 0 rings (SSSR count). The van der Waals surface area contributed by atoms with Gasteiger partial charge in [-0.1, -0.05) is 13.8 Å². The maximum Gasteiger partial charge on any atom is 1.00 e. The van der Waals surface area contributed by atoms with Crippen LogP contribution in [0.4, 0.5) is 0 Å². The first-order valence-electron chi connectivity index (χ1n) is 7.74. The summed E-state index contributed by atoms with van der Waals surface area (Å²) in [7, 11) is 0. The molecule has 0 bridgehead atoms. The van der Waals surface area contributed by atoms with Crippen LogP contribution in [-0.2, 0) is 19.2 Å². The molecule has 0 saturated carbocycles. The number of aliphatic hydroxyl groups is 4. The molecule has 1 atom stereocenters. The van der Waals surface area contributed by atoms with Crippen molar-refractivity contribution in [3.63, 3.8) is 0 Å². The third kappa shape index (κ3) is 18.3. The van der Waals surface area contributed by atoms with E-state index in [4.69, 9.17) is 15.3 Å². The summed E-state index contributed by atoms with van der Waals surface area (Å²) < 4.78 is 0. The quantitative estimate of drug-likeness (QED) is 0.143. The largest absolute Gasteiger partial charge is 1.00 e. The summed E-state index contributed by atoms with van der Waals surface area (Å²) in [6.45, 7) is 3.27. The molecule has 0 unspecified atom stereocenters. The minimum Gasteiger partial charge on any atom is -0.550 e. The smallest absolute Gasteiger partial charge is 0.550 e. The number of carbonyl (C=O) groups is 4. The van der Waals surface area contributed by atoms with Crippen molar-refractivity contribution < 1.29 is 144 Å². The summed E-state index contributed by atoms with van der Waals surface area (Å²) >= 11 is 0. The fraction of sp³-hybridized carbons (Fsp3) is 0.733. The van der Waals surface area contributed by atoms with Gasteiger partial charge in [-0.2, -0.15) is 0 Å². The molecule has 15 heteroatoms. The number of carboxylic acids is 3. The normalized spacial score (nSPS) is 11.1. The van der Waals surface area contributed by atoms with Crippen LogP contribution >= 0.6 is 0 Å². The third-order valence-electron chi connectivity index (χ3n) is 3.28. The average Bonchev–Trinajstić information content (AvgIpc) is 2.53. The molecule has 0 aromatic rings. The number of aliphatic hydroxyl groups excluding tert-OH is 3. The van der Waals surface area contributed by atoms with E-state index in [0.717, 1.165) is 0 Å². The van der Waals surface area contributed by atoms with Crippen LogP contribution in [0, 0.1) is 5.41 Å². The topological polar surface area (TPSA) is 230 Å². The summed E-state index contributed by atoms with van der Waals surface area (Å²) in [5.74, 6) is -6.50. The van der Waals surface area contributed by atoms with Crippen molar-refractivity contribution in [2.24, 2.45) is 5.41 Å². The number of hydrogen-bond donors (Lipinski definition) is 5. The maximum absolute atomic E-state index is 11.3. The van der Waals surface area contributed by atoms with E-state index >= 15 is 0 Å². The molecule has 0 aromatic carbocycles. The molecule has 0 spiro atoms. The Kier molecular flexibility index (Phi) is 27.8. The fourth-order valence-corrected chi connectivity index (χ4v) is 1.51. The zero-order chi connectivity index (χ0) is 21.8. The van der Waals surface area contributed by atoms with E-state index in [-0.39, 0.29) is 102 Å². The summed E-state index contributed by atoms with van der Waals surface area (Å²) in [4.78, 5) is 41.3. The summed E-state index contributed by atoms with van der Waals surface area (Å²) in [5.41, 5.74) is -3.82. The number of rotatable bonds is 11. The monoisotopic (exact) mass is 463 g/mol. The van der Waals surface area contributed by atoms with Gasteiger partial charge in [-0.05, 0) is 6.42 Å².